The number of fused-ring (bicyclic) bond motifs is 8. The molecule has 0 saturated heterocycles. The van der Waals surface area contributed by atoms with Crippen molar-refractivity contribution < 1.29 is 120 Å². The second-order valence-electron chi connectivity index (χ2n) is 18.4. The van der Waals surface area contributed by atoms with Gasteiger partial charge in [-0.1, -0.05) is 97.1 Å². The number of rotatable bonds is 8. The summed E-state index contributed by atoms with van der Waals surface area (Å²) in [5, 5.41) is 5.56. The molecule has 0 bridgehead atoms. The van der Waals surface area contributed by atoms with Gasteiger partial charge >= 0.3 is 29.6 Å². The van der Waals surface area contributed by atoms with Gasteiger partial charge in [-0.25, -0.2) is 0 Å². The van der Waals surface area contributed by atoms with Crippen molar-refractivity contribution in [1.82, 2.24) is 0 Å². The first-order valence-corrected chi connectivity index (χ1v) is 29.2. The molecule has 4 aliphatic rings. The van der Waals surface area contributed by atoms with E-state index in [-0.39, 0.29) is 96.8 Å². The molecule has 4 aliphatic carbocycles. The molecule has 0 radical (unpaired) electrons. The second kappa shape index (κ2) is 20.4. The number of hydrogen-bond donors (Lipinski definition) is 6. The van der Waals surface area contributed by atoms with Gasteiger partial charge in [0.25, 0.3) is 40.5 Å². The molecule has 0 atom stereocenters. The van der Waals surface area contributed by atoms with Crippen molar-refractivity contribution >= 4 is 109 Å². The van der Waals surface area contributed by atoms with E-state index in [2.05, 4.69) is 10.6 Å². The van der Waals surface area contributed by atoms with Gasteiger partial charge in [0.2, 0.25) is 0 Å². The predicted molar refractivity (Wildman–Crippen MR) is 285 cm³/mol. The topological polar surface area (TPSA) is 378 Å². The number of anilines is 4. The molecule has 0 spiro atoms. The molecule has 22 nitrogen and oxygen atoms in total. The first-order valence-electron chi connectivity index (χ1n) is 23.5. The van der Waals surface area contributed by atoms with Crippen molar-refractivity contribution in [3.8, 4) is 0 Å². The normalized spacial score (nSPS) is 14.0. The molecule has 8 aromatic rings. The summed E-state index contributed by atoms with van der Waals surface area (Å²) in [5.74, 6) is -6.46. The number of hydrogen-bond acceptors (Lipinski definition) is 18. The van der Waals surface area contributed by atoms with Crippen LogP contribution in [0.2, 0.25) is 0 Å². The Morgan fingerprint density at radius 3 is 0.518 bits per heavy atom. The quantitative estimate of drug-likeness (QED) is 0.0926. The van der Waals surface area contributed by atoms with E-state index in [4.69, 9.17) is 0 Å². The van der Waals surface area contributed by atoms with E-state index in [1.807, 2.05) is 0 Å². The fourth-order valence-corrected chi connectivity index (χ4v) is 13.1. The van der Waals surface area contributed by atoms with Crippen LogP contribution in [0.4, 0.5) is 22.7 Å². The molecular formula is C56H30N2NaO20S4+. The summed E-state index contributed by atoms with van der Waals surface area (Å²) in [6, 6.07) is 30.7. The third kappa shape index (κ3) is 9.40. The van der Waals surface area contributed by atoms with Crippen molar-refractivity contribution in [2.45, 2.75) is 19.6 Å². The molecule has 0 unspecified atom stereocenters. The van der Waals surface area contributed by atoms with E-state index >= 15 is 0 Å². The maximum absolute atomic E-state index is 13.6. The summed E-state index contributed by atoms with van der Waals surface area (Å²) in [6.07, 6.45) is 0. The van der Waals surface area contributed by atoms with Crippen LogP contribution >= 0.6 is 0 Å². The van der Waals surface area contributed by atoms with Crippen LogP contribution < -0.4 is 40.2 Å². The van der Waals surface area contributed by atoms with Crippen LogP contribution in [0.25, 0.3) is 0 Å². The Bertz CT molecular complexity index is 4310. The molecule has 0 amide bonds. The molecule has 8 aromatic carbocycles. The van der Waals surface area contributed by atoms with E-state index in [0.717, 1.165) is 48.5 Å². The number of carbonyl (C=O) groups is 8. The van der Waals surface area contributed by atoms with Gasteiger partial charge < -0.3 is 10.6 Å². The summed E-state index contributed by atoms with van der Waals surface area (Å²) < 4.78 is 137. The number of carbonyl (C=O) groups excluding carboxylic acids is 8. The van der Waals surface area contributed by atoms with E-state index in [0.29, 0.717) is 0 Å². The summed E-state index contributed by atoms with van der Waals surface area (Å²) >= 11 is 0. The smallest absolute Gasteiger partial charge is 0.354 e. The molecule has 0 fully saturated rings. The van der Waals surface area contributed by atoms with Crippen molar-refractivity contribution in [3.63, 3.8) is 0 Å². The van der Waals surface area contributed by atoms with Crippen LogP contribution in [0.3, 0.4) is 0 Å². The van der Waals surface area contributed by atoms with Crippen LogP contribution in [0.1, 0.15) is 127 Å². The largest absolute Gasteiger partial charge is 1.00 e. The third-order valence-corrected chi connectivity index (χ3v) is 17.4. The van der Waals surface area contributed by atoms with Crippen LogP contribution in [0.15, 0.2) is 165 Å². The molecule has 12 rings (SSSR count). The minimum atomic E-state index is -4.97. The fraction of sp³-hybridized carbons (Fsp3) is 0. The second-order valence-corrected chi connectivity index (χ2v) is 24.0. The Morgan fingerprint density at radius 1 is 0.229 bits per heavy atom. The Morgan fingerprint density at radius 2 is 0.373 bits per heavy atom. The Kier molecular flexibility index (Phi) is 14.1. The Hall–Kier alpha value is -8.64. The van der Waals surface area contributed by atoms with Crippen molar-refractivity contribution in [3.05, 3.63) is 235 Å². The summed E-state index contributed by atoms with van der Waals surface area (Å²) in [4.78, 5) is 105. The molecule has 0 aromatic heterocycles. The first-order chi connectivity index (χ1) is 38.6. The monoisotopic (exact) mass is 1200 g/mol. The molecule has 27 heteroatoms. The van der Waals surface area contributed by atoms with E-state index < -0.39 is 151 Å². The van der Waals surface area contributed by atoms with Gasteiger partial charge in [0.05, 0.1) is 67.3 Å². The fourth-order valence-electron chi connectivity index (χ4n) is 10.3. The minimum Gasteiger partial charge on any atom is -0.354 e. The van der Waals surface area contributed by atoms with Gasteiger partial charge in [0.1, 0.15) is 19.6 Å². The molecule has 0 saturated carbocycles. The van der Waals surface area contributed by atoms with Gasteiger partial charge in [-0.15, -0.1) is 0 Å². The standard InChI is InChI=1S/2C28H15NO10S2.Na/c2*30-25-13-5-1-3-7-15(13)27(32)23-19(40(34,35)36)11-9-17(21(23)25)29-18-10-12-20(41(37,38)39)24-22(18)26(31)14-6-2-4-8-16(14)28(24)33;/h2*1-12,29H,(H,34,35,36)(H,37,38,39);/q;;+1. The third-order valence-electron chi connectivity index (χ3n) is 13.8. The van der Waals surface area contributed by atoms with Crippen LogP contribution in [0.5, 0.6) is 0 Å². The van der Waals surface area contributed by atoms with Gasteiger partial charge in [-0.05, 0) is 48.5 Å². The zero-order chi connectivity index (χ0) is 58.9. The first kappa shape index (κ1) is 57.6. The van der Waals surface area contributed by atoms with Gasteiger partial charge in [0.15, 0.2) is 46.3 Å². The zero-order valence-electron chi connectivity index (χ0n) is 41.8. The van der Waals surface area contributed by atoms with Crippen LogP contribution in [0, 0.1) is 0 Å². The summed E-state index contributed by atoms with van der Waals surface area (Å²) in [7, 11) is -19.9. The van der Waals surface area contributed by atoms with Crippen LogP contribution in [-0.2, 0) is 40.5 Å². The van der Waals surface area contributed by atoms with Crippen LogP contribution in [-0.4, -0.2) is 98.1 Å². The molecule has 0 heterocycles. The van der Waals surface area contributed by atoms with Crippen molar-refractivity contribution in [2.75, 3.05) is 10.6 Å². The average molecular weight is 1200 g/mol. The Labute approximate surface area is 490 Å². The molecule has 83 heavy (non-hydrogen) atoms. The van der Waals surface area contributed by atoms with Crippen molar-refractivity contribution in [2.24, 2.45) is 0 Å². The van der Waals surface area contributed by atoms with Gasteiger partial charge in [0, 0.05) is 44.5 Å². The van der Waals surface area contributed by atoms with Gasteiger partial charge in [-0.3, -0.25) is 56.6 Å². The minimum absolute atomic E-state index is 0. The van der Waals surface area contributed by atoms with E-state index in [1.54, 1.807) is 0 Å². The SMILES string of the molecule is O=C1c2ccccc2C(=O)c2c(S(=O)(=O)O)ccc(Nc3ccc(S(=O)(=O)O)c4c3C(=O)c3ccccc3C4=O)c21.O=C1c2ccccc2C(=O)c2c(S(=O)(=O)O)ccc(Nc3ccc(S(=O)(=O)O)c4c3C(=O)c3ccccc3C4=O)c21.[Na+]. The Balaban J connectivity index is 0.000000183. The predicted octanol–water partition coefficient (Wildman–Crippen LogP) is 3.95. The van der Waals surface area contributed by atoms with E-state index in [9.17, 15) is 90.2 Å². The van der Waals surface area contributed by atoms with Gasteiger partial charge in [-0.2, -0.15) is 33.7 Å². The maximum atomic E-state index is 13.6. The number of benzene rings is 8. The summed E-state index contributed by atoms with van der Waals surface area (Å²) in [6.45, 7) is 0. The zero-order valence-corrected chi connectivity index (χ0v) is 47.1. The molecule has 6 N–H and O–H groups in total. The van der Waals surface area contributed by atoms with Crippen molar-refractivity contribution in [1.29, 1.82) is 0 Å². The molecule has 408 valence electrons. The number of ketones is 8. The maximum Gasteiger partial charge on any atom is 1.00 e. The molecular weight excluding hydrogens is 1170 g/mol. The average Bonchev–Trinajstić information content (AvgIpc) is 2.58. The summed E-state index contributed by atoms with van der Waals surface area (Å²) in [5.41, 5.74) is -5.25. The molecule has 0 aliphatic heterocycles. The van der Waals surface area contributed by atoms with E-state index in [1.165, 1.54) is 97.1 Å². The number of nitrogens with one attached hydrogen (secondary N) is 2.